The van der Waals surface area contributed by atoms with Crippen LogP contribution in [0.5, 0.6) is 0 Å². The molecule has 2 aromatic rings. The van der Waals surface area contributed by atoms with Crippen LogP contribution in [0.3, 0.4) is 0 Å². The zero-order chi connectivity index (χ0) is 14.9. The van der Waals surface area contributed by atoms with Crippen molar-refractivity contribution in [1.82, 2.24) is 4.57 Å². The molecule has 1 aromatic carbocycles. The predicted molar refractivity (Wildman–Crippen MR) is 80.2 cm³/mol. The minimum atomic E-state index is -0.268. The Kier molecular flexibility index (Phi) is 3.50. The van der Waals surface area contributed by atoms with Crippen LogP contribution in [0.25, 0.3) is 5.69 Å². The summed E-state index contributed by atoms with van der Waals surface area (Å²) < 4.78 is 1.57. The maximum Gasteiger partial charge on any atom is 0.273 e. The Morgan fingerprint density at radius 1 is 1.05 bits per heavy atom. The van der Waals surface area contributed by atoms with Gasteiger partial charge in [0.05, 0.1) is 0 Å². The molecule has 3 heteroatoms. The highest BCUT2D eigenvalue weighted by Gasteiger charge is 2.14. The van der Waals surface area contributed by atoms with Gasteiger partial charge >= 0.3 is 0 Å². The van der Waals surface area contributed by atoms with E-state index in [0.717, 1.165) is 11.4 Å². The van der Waals surface area contributed by atoms with Gasteiger partial charge in [0, 0.05) is 11.4 Å². The van der Waals surface area contributed by atoms with E-state index in [-0.39, 0.29) is 16.5 Å². The van der Waals surface area contributed by atoms with E-state index in [9.17, 15) is 4.79 Å². The summed E-state index contributed by atoms with van der Waals surface area (Å²) in [7, 11) is 0. The maximum absolute atomic E-state index is 12.2. The van der Waals surface area contributed by atoms with Gasteiger partial charge in [0.15, 0.2) is 0 Å². The summed E-state index contributed by atoms with van der Waals surface area (Å²) in [6, 6.07) is 13.2. The minimum Gasteiger partial charge on any atom is -0.280 e. The third-order valence-corrected chi connectivity index (χ3v) is 3.39. The van der Waals surface area contributed by atoms with E-state index in [2.05, 4.69) is 20.8 Å². The quantitative estimate of drug-likeness (QED) is 0.795. The standard InChI is InChI=1S/C17H18N2O/c1-12-5-6-13(11-18)16(20)19(12)15-9-7-14(8-10-15)17(2,3)4/h5-10H,1-4H3. The summed E-state index contributed by atoms with van der Waals surface area (Å²) in [5.41, 5.74) is 2.79. The van der Waals surface area contributed by atoms with Crippen LogP contribution in [-0.4, -0.2) is 4.57 Å². The largest absolute Gasteiger partial charge is 0.280 e. The Labute approximate surface area is 119 Å². The van der Waals surface area contributed by atoms with E-state index in [1.54, 1.807) is 16.7 Å². The first-order valence-corrected chi connectivity index (χ1v) is 6.58. The average molecular weight is 266 g/mol. The molecular formula is C17H18N2O. The van der Waals surface area contributed by atoms with Crippen molar-refractivity contribution in [2.45, 2.75) is 33.1 Å². The van der Waals surface area contributed by atoms with Crippen LogP contribution in [0.4, 0.5) is 0 Å². The first kappa shape index (κ1) is 14.1. The van der Waals surface area contributed by atoms with Gasteiger partial charge in [-0.3, -0.25) is 9.36 Å². The van der Waals surface area contributed by atoms with Gasteiger partial charge in [-0.25, -0.2) is 0 Å². The number of pyridine rings is 1. The third kappa shape index (κ3) is 2.50. The molecule has 0 unspecified atom stereocenters. The topological polar surface area (TPSA) is 45.8 Å². The van der Waals surface area contributed by atoms with Crippen molar-refractivity contribution >= 4 is 0 Å². The second kappa shape index (κ2) is 4.97. The Morgan fingerprint density at radius 3 is 2.15 bits per heavy atom. The number of aryl methyl sites for hydroxylation is 1. The normalized spacial score (nSPS) is 11.2. The van der Waals surface area contributed by atoms with E-state index >= 15 is 0 Å². The Bertz CT molecular complexity index is 726. The number of rotatable bonds is 1. The molecule has 0 N–H and O–H groups in total. The highest BCUT2D eigenvalue weighted by atomic mass is 16.1. The smallest absolute Gasteiger partial charge is 0.273 e. The van der Waals surface area contributed by atoms with Gasteiger partial charge in [-0.1, -0.05) is 32.9 Å². The summed E-state index contributed by atoms with van der Waals surface area (Å²) >= 11 is 0. The van der Waals surface area contributed by atoms with Crippen molar-refractivity contribution < 1.29 is 0 Å². The number of hydrogen-bond donors (Lipinski definition) is 0. The summed E-state index contributed by atoms with van der Waals surface area (Å²) in [6.45, 7) is 8.31. The van der Waals surface area contributed by atoms with E-state index in [4.69, 9.17) is 5.26 Å². The summed E-state index contributed by atoms with van der Waals surface area (Å²) in [5.74, 6) is 0. The lowest BCUT2D eigenvalue weighted by molar-refractivity contribution is 0.590. The van der Waals surface area contributed by atoms with Crippen molar-refractivity contribution in [3.63, 3.8) is 0 Å². The Hall–Kier alpha value is -2.34. The molecular weight excluding hydrogens is 248 g/mol. The molecule has 102 valence electrons. The molecule has 0 amide bonds. The molecule has 0 aliphatic heterocycles. The van der Waals surface area contributed by atoms with Gasteiger partial charge in [0.25, 0.3) is 5.56 Å². The summed E-state index contributed by atoms with van der Waals surface area (Å²) in [6.07, 6.45) is 0. The molecule has 0 atom stereocenters. The molecule has 0 aliphatic rings. The fourth-order valence-electron chi connectivity index (χ4n) is 2.15. The average Bonchev–Trinajstić information content (AvgIpc) is 2.38. The monoisotopic (exact) mass is 266 g/mol. The van der Waals surface area contributed by atoms with Crippen molar-refractivity contribution in [3.05, 3.63) is 63.6 Å². The number of aromatic nitrogens is 1. The zero-order valence-corrected chi connectivity index (χ0v) is 12.3. The van der Waals surface area contributed by atoms with Gasteiger partial charge in [0.1, 0.15) is 11.6 Å². The second-order valence-corrected chi connectivity index (χ2v) is 5.94. The Morgan fingerprint density at radius 2 is 1.65 bits per heavy atom. The first-order valence-electron chi connectivity index (χ1n) is 6.58. The van der Waals surface area contributed by atoms with Crippen molar-refractivity contribution in [2.24, 2.45) is 0 Å². The number of hydrogen-bond acceptors (Lipinski definition) is 2. The van der Waals surface area contributed by atoms with Gasteiger partial charge in [-0.2, -0.15) is 5.26 Å². The van der Waals surface area contributed by atoms with Crippen molar-refractivity contribution in [1.29, 1.82) is 5.26 Å². The van der Waals surface area contributed by atoms with Crippen molar-refractivity contribution in [2.75, 3.05) is 0 Å². The van der Waals surface area contributed by atoms with E-state index in [0.29, 0.717) is 0 Å². The Balaban J connectivity index is 2.59. The van der Waals surface area contributed by atoms with E-state index in [1.807, 2.05) is 37.3 Å². The second-order valence-electron chi connectivity index (χ2n) is 5.94. The molecule has 0 bridgehead atoms. The third-order valence-electron chi connectivity index (χ3n) is 3.39. The highest BCUT2D eigenvalue weighted by Crippen LogP contribution is 2.23. The van der Waals surface area contributed by atoms with Gasteiger partial charge < -0.3 is 0 Å². The molecule has 20 heavy (non-hydrogen) atoms. The molecule has 0 spiro atoms. The minimum absolute atomic E-state index is 0.0764. The van der Waals surface area contributed by atoms with E-state index < -0.39 is 0 Å². The fourth-order valence-corrected chi connectivity index (χ4v) is 2.15. The van der Waals surface area contributed by atoms with Crippen LogP contribution in [0.2, 0.25) is 0 Å². The van der Waals surface area contributed by atoms with Crippen LogP contribution >= 0.6 is 0 Å². The van der Waals surface area contributed by atoms with Gasteiger partial charge in [-0.15, -0.1) is 0 Å². The first-order chi connectivity index (χ1) is 9.34. The lowest BCUT2D eigenvalue weighted by atomic mass is 9.87. The van der Waals surface area contributed by atoms with E-state index in [1.165, 1.54) is 5.56 Å². The molecule has 0 aliphatic carbocycles. The molecule has 0 saturated heterocycles. The number of benzene rings is 1. The lowest BCUT2D eigenvalue weighted by Crippen LogP contribution is -2.22. The number of nitrogens with zero attached hydrogens (tertiary/aromatic N) is 2. The number of nitriles is 1. The lowest BCUT2D eigenvalue weighted by Gasteiger charge is -2.19. The summed E-state index contributed by atoms with van der Waals surface area (Å²) in [5, 5.41) is 8.97. The van der Waals surface area contributed by atoms with Crippen molar-refractivity contribution in [3.8, 4) is 11.8 Å². The molecule has 0 radical (unpaired) electrons. The molecule has 1 heterocycles. The van der Waals surface area contributed by atoms with Crippen LogP contribution in [0.1, 0.15) is 37.6 Å². The van der Waals surface area contributed by atoms with Crippen LogP contribution in [0, 0.1) is 18.3 Å². The highest BCUT2D eigenvalue weighted by molar-refractivity contribution is 5.41. The maximum atomic E-state index is 12.2. The van der Waals surface area contributed by atoms with Crippen LogP contribution in [0.15, 0.2) is 41.2 Å². The molecule has 1 aromatic heterocycles. The fraction of sp³-hybridized carbons (Fsp3) is 0.294. The van der Waals surface area contributed by atoms with Crippen LogP contribution < -0.4 is 5.56 Å². The summed E-state index contributed by atoms with van der Waals surface area (Å²) in [4.78, 5) is 12.2. The molecule has 0 fully saturated rings. The zero-order valence-electron chi connectivity index (χ0n) is 12.3. The molecule has 3 nitrogen and oxygen atoms in total. The SMILES string of the molecule is Cc1ccc(C#N)c(=O)n1-c1ccc(C(C)(C)C)cc1. The molecule has 0 saturated carbocycles. The van der Waals surface area contributed by atoms with Gasteiger partial charge in [0.2, 0.25) is 0 Å². The predicted octanol–water partition coefficient (Wildman–Crippen LogP) is 3.32. The van der Waals surface area contributed by atoms with Gasteiger partial charge in [-0.05, 0) is 42.2 Å². The van der Waals surface area contributed by atoms with Crippen LogP contribution in [-0.2, 0) is 5.41 Å². The molecule has 2 rings (SSSR count).